The predicted molar refractivity (Wildman–Crippen MR) is 49.2 cm³/mol. The van der Waals surface area contributed by atoms with Gasteiger partial charge < -0.3 is 10.6 Å². The van der Waals surface area contributed by atoms with E-state index < -0.39 is 17.9 Å². The standard InChI is InChI=1S/C8H16F3N3/c1-5(2)14(3)4-6(7(12)13)8(9,10)11/h5-6H,4H2,1-3H3,(H3,12,13). The van der Waals surface area contributed by atoms with Crippen molar-refractivity contribution < 1.29 is 13.2 Å². The van der Waals surface area contributed by atoms with E-state index in [1.165, 1.54) is 4.90 Å². The minimum atomic E-state index is -4.44. The smallest absolute Gasteiger partial charge is 0.387 e. The van der Waals surface area contributed by atoms with Gasteiger partial charge >= 0.3 is 6.18 Å². The molecule has 0 heterocycles. The quantitative estimate of drug-likeness (QED) is 0.546. The highest BCUT2D eigenvalue weighted by atomic mass is 19.4. The lowest BCUT2D eigenvalue weighted by Crippen LogP contribution is -2.44. The van der Waals surface area contributed by atoms with Crippen molar-refractivity contribution in [1.82, 2.24) is 4.90 Å². The van der Waals surface area contributed by atoms with Crippen LogP contribution >= 0.6 is 0 Å². The molecule has 0 amide bonds. The van der Waals surface area contributed by atoms with Crippen LogP contribution in [0.2, 0.25) is 0 Å². The molecule has 0 rings (SSSR count). The SMILES string of the molecule is CC(C)N(C)CC(C(=N)N)C(F)(F)F. The van der Waals surface area contributed by atoms with Crippen molar-refractivity contribution in [2.24, 2.45) is 11.7 Å². The molecule has 0 aliphatic carbocycles. The summed E-state index contributed by atoms with van der Waals surface area (Å²) in [4.78, 5) is 1.51. The van der Waals surface area contributed by atoms with E-state index in [4.69, 9.17) is 11.1 Å². The Morgan fingerprint density at radius 2 is 1.86 bits per heavy atom. The summed E-state index contributed by atoms with van der Waals surface area (Å²) in [6.45, 7) is 3.30. The number of halogens is 3. The summed E-state index contributed by atoms with van der Waals surface area (Å²) in [6.07, 6.45) is -4.44. The van der Waals surface area contributed by atoms with Crippen LogP contribution in [0.25, 0.3) is 0 Å². The minimum Gasteiger partial charge on any atom is -0.387 e. The van der Waals surface area contributed by atoms with Gasteiger partial charge in [0, 0.05) is 12.6 Å². The van der Waals surface area contributed by atoms with Crippen molar-refractivity contribution in [1.29, 1.82) is 5.41 Å². The molecule has 84 valence electrons. The van der Waals surface area contributed by atoms with E-state index in [-0.39, 0.29) is 12.6 Å². The monoisotopic (exact) mass is 211 g/mol. The molecule has 0 bridgehead atoms. The van der Waals surface area contributed by atoms with Gasteiger partial charge in [0.2, 0.25) is 0 Å². The molecular formula is C8H16F3N3. The second kappa shape index (κ2) is 4.63. The predicted octanol–water partition coefficient (Wildman–Crippen LogP) is 1.44. The van der Waals surface area contributed by atoms with E-state index in [0.717, 1.165) is 0 Å². The molecule has 3 N–H and O–H groups in total. The van der Waals surface area contributed by atoms with Gasteiger partial charge in [0.15, 0.2) is 0 Å². The summed E-state index contributed by atoms with van der Waals surface area (Å²) in [6, 6.07) is -0.000741. The van der Waals surface area contributed by atoms with Crippen LogP contribution < -0.4 is 5.73 Å². The third-order valence-electron chi connectivity index (χ3n) is 2.12. The minimum absolute atomic E-state index is 0.000741. The first-order valence-corrected chi connectivity index (χ1v) is 4.27. The van der Waals surface area contributed by atoms with E-state index in [9.17, 15) is 13.2 Å². The Bertz CT molecular complexity index is 200. The Labute approximate surface area is 81.6 Å². The first-order chi connectivity index (χ1) is 6.16. The molecule has 0 aromatic heterocycles. The van der Waals surface area contributed by atoms with Crippen LogP contribution in [0.3, 0.4) is 0 Å². The molecule has 0 aromatic carbocycles. The lowest BCUT2D eigenvalue weighted by atomic mass is 10.1. The molecule has 0 aromatic rings. The van der Waals surface area contributed by atoms with E-state index in [0.29, 0.717) is 0 Å². The van der Waals surface area contributed by atoms with Gasteiger partial charge in [-0.15, -0.1) is 0 Å². The van der Waals surface area contributed by atoms with Gasteiger partial charge in [0.1, 0.15) is 11.8 Å². The Morgan fingerprint density at radius 1 is 1.43 bits per heavy atom. The average molecular weight is 211 g/mol. The first kappa shape index (κ1) is 13.2. The molecular weight excluding hydrogens is 195 g/mol. The number of alkyl halides is 3. The lowest BCUT2D eigenvalue weighted by molar-refractivity contribution is -0.160. The van der Waals surface area contributed by atoms with Crippen molar-refractivity contribution in [3.05, 3.63) is 0 Å². The zero-order valence-corrected chi connectivity index (χ0v) is 8.52. The molecule has 1 unspecified atom stereocenters. The summed E-state index contributed by atoms with van der Waals surface area (Å²) < 4.78 is 37.0. The van der Waals surface area contributed by atoms with Crippen LogP contribution in [-0.2, 0) is 0 Å². The van der Waals surface area contributed by atoms with Gasteiger partial charge in [-0.1, -0.05) is 0 Å². The molecule has 1 atom stereocenters. The fourth-order valence-corrected chi connectivity index (χ4v) is 0.877. The summed E-state index contributed by atoms with van der Waals surface area (Å²) in [5.74, 6) is -2.69. The second-order valence-electron chi connectivity index (χ2n) is 3.58. The molecule has 14 heavy (non-hydrogen) atoms. The molecule has 0 fully saturated rings. The number of hydrogen-bond acceptors (Lipinski definition) is 2. The molecule has 0 aliphatic heterocycles. The maximum Gasteiger partial charge on any atom is 0.399 e. The maximum absolute atomic E-state index is 12.3. The summed E-state index contributed by atoms with van der Waals surface area (Å²) in [5, 5.41) is 6.87. The molecule has 0 saturated carbocycles. The van der Waals surface area contributed by atoms with E-state index in [1.54, 1.807) is 20.9 Å². The van der Waals surface area contributed by atoms with Crippen molar-refractivity contribution in [2.45, 2.75) is 26.1 Å². The number of amidine groups is 1. The van der Waals surface area contributed by atoms with E-state index in [2.05, 4.69) is 0 Å². The Kier molecular flexibility index (Phi) is 4.38. The Hall–Kier alpha value is -0.780. The highest BCUT2D eigenvalue weighted by Crippen LogP contribution is 2.26. The average Bonchev–Trinajstić information content (AvgIpc) is 1.96. The number of nitrogens with one attached hydrogen (secondary N) is 1. The van der Waals surface area contributed by atoms with Crippen molar-refractivity contribution >= 4 is 5.84 Å². The van der Waals surface area contributed by atoms with Crippen LogP contribution in [0.1, 0.15) is 13.8 Å². The highest BCUT2D eigenvalue weighted by molar-refractivity contribution is 5.80. The third kappa shape index (κ3) is 3.95. The van der Waals surface area contributed by atoms with Gasteiger partial charge in [0.25, 0.3) is 0 Å². The maximum atomic E-state index is 12.3. The Morgan fingerprint density at radius 3 is 2.07 bits per heavy atom. The fraction of sp³-hybridized carbons (Fsp3) is 0.875. The number of nitrogens with zero attached hydrogens (tertiary/aromatic N) is 1. The molecule has 0 aliphatic rings. The fourth-order valence-electron chi connectivity index (χ4n) is 0.877. The largest absolute Gasteiger partial charge is 0.399 e. The van der Waals surface area contributed by atoms with Crippen LogP contribution in [0, 0.1) is 11.3 Å². The van der Waals surface area contributed by atoms with E-state index in [1.807, 2.05) is 0 Å². The highest BCUT2D eigenvalue weighted by Gasteiger charge is 2.42. The number of rotatable bonds is 4. The van der Waals surface area contributed by atoms with Crippen LogP contribution in [-0.4, -0.2) is 36.5 Å². The van der Waals surface area contributed by atoms with Gasteiger partial charge in [-0.25, -0.2) is 0 Å². The van der Waals surface area contributed by atoms with Crippen LogP contribution in [0.15, 0.2) is 0 Å². The molecule has 0 spiro atoms. The number of nitrogens with two attached hydrogens (primary N) is 1. The first-order valence-electron chi connectivity index (χ1n) is 4.27. The molecule has 3 nitrogen and oxygen atoms in total. The van der Waals surface area contributed by atoms with Gasteiger partial charge in [-0.3, -0.25) is 5.41 Å². The zero-order valence-electron chi connectivity index (χ0n) is 8.52. The van der Waals surface area contributed by atoms with Gasteiger partial charge in [-0.2, -0.15) is 13.2 Å². The topological polar surface area (TPSA) is 53.1 Å². The molecule has 0 saturated heterocycles. The lowest BCUT2D eigenvalue weighted by Gasteiger charge is -2.27. The number of hydrogen-bond donors (Lipinski definition) is 2. The summed E-state index contributed by atoms with van der Waals surface area (Å²) >= 11 is 0. The van der Waals surface area contributed by atoms with Crippen molar-refractivity contribution in [2.75, 3.05) is 13.6 Å². The third-order valence-corrected chi connectivity index (χ3v) is 2.12. The normalized spacial score (nSPS) is 14.9. The van der Waals surface area contributed by atoms with Crippen LogP contribution in [0.5, 0.6) is 0 Å². The summed E-state index contributed by atoms with van der Waals surface area (Å²) in [5.41, 5.74) is 4.91. The Balaban J connectivity index is 4.48. The van der Waals surface area contributed by atoms with Gasteiger partial charge in [-0.05, 0) is 20.9 Å². The van der Waals surface area contributed by atoms with E-state index >= 15 is 0 Å². The van der Waals surface area contributed by atoms with Crippen molar-refractivity contribution in [3.63, 3.8) is 0 Å². The molecule has 0 radical (unpaired) electrons. The summed E-state index contributed by atoms with van der Waals surface area (Å²) in [7, 11) is 1.58. The van der Waals surface area contributed by atoms with Crippen LogP contribution in [0.4, 0.5) is 13.2 Å². The van der Waals surface area contributed by atoms with Crippen molar-refractivity contribution in [3.8, 4) is 0 Å². The second-order valence-corrected chi connectivity index (χ2v) is 3.58. The molecule has 6 heteroatoms. The zero-order chi connectivity index (χ0) is 11.5. The van der Waals surface area contributed by atoms with Gasteiger partial charge in [0.05, 0.1) is 0 Å².